The summed E-state index contributed by atoms with van der Waals surface area (Å²) in [5, 5.41) is 5.06. The van der Waals surface area contributed by atoms with Crippen LogP contribution in [0.25, 0.3) is 10.8 Å². The summed E-state index contributed by atoms with van der Waals surface area (Å²) in [5.41, 5.74) is -0.495. The Kier molecular flexibility index (Phi) is 6.62. The Labute approximate surface area is 172 Å². The number of hydrogen-bond acceptors (Lipinski definition) is 4. The molecule has 2 aromatic rings. The third kappa shape index (κ3) is 6.38. The van der Waals surface area contributed by atoms with Crippen molar-refractivity contribution in [2.24, 2.45) is 5.92 Å². The highest BCUT2D eigenvalue weighted by atomic mass is 16.6. The number of piperidine rings is 1. The minimum atomic E-state index is -0.495. The number of carbonyl (C=O) groups excluding carboxylic acids is 2. The van der Waals surface area contributed by atoms with Crippen LogP contribution in [0.2, 0.25) is 0 Å². The number of benzene rings is 2. The van der Waals surface area contributed by atoms with Gasteiger partial charge in [0, 0.05) is 19.6 Å². The molecule has 3 rings (SSSR count). The van der Waals surface area contributed by atoms with Crippen molar-refractivity contribution in [2.45, 2.75) is 39.2 Å². The molecule has 0 aromatic heterocycles. The van der Waals surface area contributed by atoms with Gasteiger partial charge in [0.2, 0.25) is 0 Å². The van der Waals surface area contributed by atoms with Gasteiger partial charge in [0.15, 0.2) is 6.61 Å². The number of rotatable bonds is 5. The van der Waals surface area contributed by atoms with Crippen molar-refractivity contribution in [1.29, 1.82) is 0 Å². The number of fused-ring (bicyclic) bond motifs is 1. The molecule has 2 amide bonds. The molecule has 29 heavy (non-hydrogen) atoms. The van der Waals surface area contributed by atoms with Crippen LogP contribution < -0.4 is 10.1 Å². The second-order valence-corrected chi connectivity index (χ2v) is 8.50. The molecule has 1 N–H and O–H groups in total. The van der Waals surface area contributed by atoms with Gasteiger partial charge in [-0.25, -0.2) is 4.79 Å². The predicted octanol–water partition coefficient (Wildman–Crippen LogP) is 3.98. The second kappa shape index (κ2) is 9.16. The summed E-state index contributed by atoms with van der Waals surface area (Å²) in [6.07, 6.45) is 1.33. The van der Waals surface area contributed by atoms with Crippen LogP contribution in [0, 0.1) is 5.92 Å². The molecule has 0 aliphatic carbocycles. The molecular weight excluding hydrogens is 368 g/mol. The van der Waals surface area contributed by atoms with Crippen molar-refractivity contribution in [1.82, 2.24) is 10.2 Å². The van der Waals surface area contributed by atoms with E-state index in [0.717, 1.165) is 23.6 Å². The number of likely N-dealkylation sites (tertiary alicyclic amines) is 1. The van der Waals surface area contributed by atoms with E-state index in [1.54, 1.807) is 0 Å². The topological polar surface area (TPSA) is 67.9 Å². The number of ether oxygens (including phenoxy) is 2. The quantitative estimate of drug-likeness (QED) is 0.827. The van der Waals surface area contributed by atoms with E-state index in [1.165, 1.54) is 0 Å². The number of carbonyl (C=O) groups is 2. The van der Waals surface area contributed by atoms with Crippen LogP contribution in [-0.2, 0) is 9.53 Å². The van der Waals surface area contributed by atoms with Crippen LogP contribution in [0.3, 0.4) is 0 Å². The van der Waals surface area contributed by atoms with Gasteiger partial charge < -0.3 is 19.7 Å². The zero-order valence-electron chi connectivity index (χ0n) is 17.4. The first kappa shape index (κ1) is 21.0. The summed E-state index contributed by atoms with van der Waals surface area (Å²) in [5.74, 6) is 1.05. The third-order valence-electron chi connectivity index (χ3n) is 4.98. The van der Waals surface area contributed by atoms with Crippen molar-refractivity contribution in [2.75, 3.05) is 26.2 Å². The SMILES string of the molecule is CC(C)(C)OC(=O)NCC1CCN(C(=O)COc2ccc3ccccc3c2)CC1. The Morgan fingerprint density at radius 2 is 1.76 bits per heavy atom. The van der Waals surface area contributed by atoms with Crippen LogP contribution in [0.15, 0.2) is 42.5 Å². The predicted molar refractivity (Wildman–Crippen MR) is 113 cm³/mol. The number of alkyl carbamates (subject to hydrolysis) is 1. The molecule has 1 heterocycles. The number of hydrogen-bond donors (Lipinski definition) is 1. The average Bonchev–Trinajstić information content (AvgIpc) is 2.69. The maximum atomic E-state index is 12.5. The Balaban J connectivity index is 1.40. The monoisotopic (exact) mass is 398 g/mol. The van der Waals surface area contributed by atoms with Gasteiger partial charge in [0.1, 0.15) is 11.4 Å². The normalized spacial score (nSPS) is 15.2. The van der Waals surface area contributed by atoms with E-state index in [-0.39, 0.29) is 18.6 Å². The molecule has 2 aromatic carbocycles. The summed E-state index contributed by atoms with van der Waals surface area (Å²) in [4.78, 5) is 26.1. The van der Waals surface area contributed by atoms with E-state index in [1.807, 2.05) is 68.1 Å². The van der Waals surface area contributed by atoms with E-state index in [0.29, 0.717) is 31.3 Å². The van der Waals surface area contributed by atoms with Crippen molar-refractivity contribution in [3.05, 3.63) is 42.5 Å². The van der Waals surface area contributed by atoms with Crippen molar-refractivity contribution >= 4 is 22.8 Å². The van der Waals surface area contributed by atoms with Crippen LogP contribution in [0.1, 0.15) is 33.6 Å². The fourth-order valence-electron chi connectivity index (χ4n) is 3.42. The molecule has 1 aliphatic rings. The molecule has 156 valence electrons. The number of nitrogens with zero attached hydrogens (tertiary/aromatic N) is 1. The van der Waals surface area contributed by atoms with Crippen LogP contribution in [0.5, 0.6) is 5.75 Å². The Hall–Kier alpha value is -2.76. The highest BCUT2D eigenvalue weighted by molar-refractivity contribution is 5.84. The molecule has 0 atom stereocenters. The molecule has 0 bridgehead atoms. The van der Waals surface area contributed by atoms with Crippen LogP contribution in [-0.4, -0.2) is 48.7 Å². The van der Waals surface area contributed by atoms with Gasteiger partial charge >= 0.3 is 6.09 Å². The van der Waals surface area contributed by atoms with Crippen LogP contribution in [0.4, 0.5) is 4.79 Å². The fraction of sp³-hybridized carbons (Fsp3) is 0.478. The number of amides is 2. The number of nitrogens with one attached hydrogen (secondary N) is 1. The first-order valence-corrected chi connectivity index (χ1v) is 10.2. The average molecular weight is 399 g/mol. The summed E-state index contributed by atoms with van der Waals surface area (Å²) in [7, 11) is 0. The molecule has 0 saturated carbocycles. The highest BCUT2D eigenvalue weighted by Gasteiger charge is 2.24. The zero-order chi connectivity index (χ0) is 20.9. The minimum absolute atomic E-state index is 0.00305. The van der Waals surface area contributed by atoms with E-state index in [9.17, 15) is 9.59 Å². The lowest BCUT2D eigenvalue weighted by Crippen LogP contribution is -2.43. The largest absolute Gasteiger partial charge is 0.484 e. The maximum Gasteiger partial charge on any atom is 0.407 e. The first-order valence-electron chi connectivity index (χ1n) is 10.2. The standard InChI is InChI=1S/C23H30N2O4/c1-23(2,3)29-22(27)24-15-17-10-12-25(13-11-17)21(26)16-28-20-9-8-18-6-4-5-7-19(18)14-20/h4-9,14,17H,10-13,15-16H2,1-3H3,(H,24,27). The van der Waals surface area contributed by atoms with Gasteiger partial charge in [-0.15, -0.1) is 0 Å². The fourth-order valence-corrected chi connectivity index (χ4v) is 3.42. The van der Waals surface area contributed by atoms with Gasteiger partial charge in [0.25, 0.3) is 5.91 Å². The summed E-state index contributed by atoms with van der Waals surface area (Å²) in [6, 6.07) is 13.9. The smallest absolute Gasteiger partial charge is 0.407 e. The highest BCUT2D eigenvalue weighted by Crippen LogP contribution is 2.21. The van der Waals surface area contributed by atoms with Gasteiger partial charge in [-0.2, -0.15) is 0 Å². The minimum Gasteiger partial charge on any atom is -0.484 e. The Morgan fingerprint density at radius 3 is 2.45 bits per heavy atom. The van der Waals surface area contributed by atoms with Gasteiger partial charge in [0.05, 0.1) is 0 Å². The molecule has 6 nitrogen and oxygen atoms in total. The lowest BCUT2D eigenvalue weighted by molar-refractivity contribution is -0.134. The molecular formula is C23H30N2O4. The Morgan fingerprint density at radius 1 is 1.07 bits per heavy atom. The molecule has 1 fully saturated rings. The van der Waals surface area contributed by atoms with Gasteiger partial charge in [-0.1, -0.05) is 30.3 Å². The third-order valence-corrected chi connectivity index (χ3v) is 4.98. The van der Waals surface area contributed by atoms with E-state index >= 15 is 0 Å². The molecule has 0 unspecified atom stereocenters. The maximum absolute atomic E-state index is 12.5. The lowest BCUT2D eigenvalue weighted by Gasteiger charge is -2.32. The molecule has 6 heteroatoms. The van der Waals surface area contributed by atoms with Gasteiger partial charge in [-0.05, 0) is 62.4 Å². The van der Waals surface area contributed by atoms with Crippen LogP contribution >= 0.6 is 0 Å². The van der Waals surface area contributed by atoms with Gasteiger partial charge in [-0.3, -0.25) is 4.79 Å². The molecule has 0 radical (unpaired) electrons. The summed E-state index contributed by atoms with van der Waals surface area (Å²) in [6.45, 7) is 7.51. The Bertz CT molecular complexity index is 851. The lowest BCUT2D eigenvalue weighted by atomic mass is 9.97. The molecule has 1 aliphatic heterocycles. The summed E-state index contributed by atoms with van der Waals surface area (Å²) < 4.78 is 11.0. The molecule has 1 saturated heterocycles. The van der Waals surface area contributed by atoms with Crippen molar-refractivity contribution in [3.8, 4) is 5.75 Å². The molecule has 0 spiro atoms. The summed E-state index contributed by atoms with van der Waals surface area (Å²) >= 11 is 0. The van der Waals surface area contributed by atoms with E-state index < -0.39 is 5.60 Å². The first-order chi connectivity index (χ1) is 13.8. The van der Waals surface area contributed by atoms with E-state index in [4.69, 9.17) is 9.47 Å². The zero-order valence-corrected chi connectivity index (χ0v) is 17.4. The van der Waals surface area contributed by atoms with Crippen molar-refractivity contribution < 1.29 is 19.1 Å². The van der Waals surface area contributed by atoms with Crippen molar-refractivity contribution in [3.63, 3.8) is 0 Å². The van der Waals surface area contributed by atoms with E-state index in [2.05, 4.69) is 5.32 Å². The second-order valence-electron chi connectivity index (χ2n) is 8.50.